The number of Topliss-reactive ketones (excluding diaryl/α,β-unsaturated/α-hetero) is 1. The lowest BCUT2D eigenvalue weighted by atomic mass is 9.86. The van der Waals surface area contributed by atoms with Gasteiger partial charge in [0.1, 0.15) is 0 Å². The van der Waals surface area contributed by atoms with Gasteiger partial charge >= 0.3 is 0 Å². The molecule has 0 saturated carbocycles. The van der Waals surface area contributed by atoms with Gasteiger partial charge in [-0.25, -0.2) is 0 Å². The van der Waals surface area contributed by atoms with Crippen molar-refractivity contribution in [2.45, 2.75) is 54.4 Å². The molecule has 61 heavy (non-hydrogen) atoms. The summed E-state index contributed by atoms with van der Waals surface area (Å²) in [6.45, 7) is 11.7. The Bertz CT molecular complexity index is 2780. The number of hydrogen-bond donors (Lipinski definition) is 1. The van der Waals surface area contributed by atoms with E-state index in [0.717, 1.165) is 83.7 Å². The van der Waals surface area contributed by atoms with Crippen molar-refractivity contribution in [1.82, 2.24) is 9.97 Å². The lowest BCUT2D eigenvalue weighted by Gasteiger charge is -2.18. The van der Waals surface area contributed by atoms with Crippen molar-refractivity contribution in [3.05, 3.63) is 203 Å². The Morgan fingerprint density at radius 3 is 1.21 bits per heavy atom. The second-order valence-corrected chi connectivity index (χ2v) is 16.1. The largest absolute Gasteiger partial charge is 0.512 e. The Kier molecular flexibility index (Phi) is 11.7. The average Bonchev–Trinajstić information content (AvgIpc) is 3.29. The zero-order valence-corrected chi connectivity index (χ0v) is 35.8. The van der Waals surface area contributed by atoms with Crippen LogP contribution in [0.15, 0.2) is 175 Å². The maximum absolute atomic E-state index is 13.1. The van der Waals surface area contributed by atoms with Crippen LogP contribution in [0.3, 0.4) is 0 Å². The number of allylic oxidation sites excluding steroid dienone is 2. The normalized spacial score (nSPS) is 11.6. The number of hydrogen-bond acceptors (Lipinski definition) is 4. The number of aryl methyl sites for hydroxylation is 5. The Balaban J connectivity index is 1.25. The van der Waals surface area contributed by atoms with Crippen LogP contribution >= 0.6 is 0 Å². The summed E-state index contributed by atoms with van der Waals surface area (Å²) < 4.78 is 0. The van der Waals surface area contributed by atoms with Gasteiger partial charge in [0.2, 0.25) is 0 Å². The van der Waals surface area contributed by atoms with Gasteiger partial charge in [0, 0.05) is 35.5 Å². The number of carbonyl (C=O) groups is 1. The van der Waals surface area contributed by atoms with Crippen LogP contribution in [0.25, 0.3) is 78.1 Å². The molecule has 0 aliphatic rings. The fourth-order valence-electron chi connectivity index (χ4n) is 7.93. The molecule has 0 radical (unpaired) electrons. The van der Waals surface area contributed by atoms with Crippen LogP contribution in [0, 0.1) is 27.7 Å². The highest BCUT2D eigenvalue weighted by molar-refractivity contribution is 5.96. The van der Waals surface area contributed by atoms with E-state index in [-0.39, 0.29) is 11.5 Å². The third-order valence-corrected chi connectivity index (χ3v) is 12.0. The van der Waals surface area contributed by atoms with E-state index in [1.54, 1.807) is 13.8 Å². The first kappa shape index (κ1) is 40.6. The molecule has 8 aromatic rings. The van der Waals surface area contributed by atoms with Gasteiger partial charge in [-0.1, -0.05) is 121 Å². The number of aliphatic hydroxyl groups is 1. The SMILES string of the molecule is C/C(O)=C(\C)C(=O)CCc1ccccc1-c1cc(-c2ccccc2-c2ccc(-c3cc(C)c(C)cn3)cc2)cc(-c2ccccc2-c2ccc(-c3cc(C)c(C)cn3)cc2)c1. The highest BCUT2D eigenvalue weighted by Gasteiger charge is 2.17. The summed E-state index contributed by atoms with van der Waals surface area (Å²) in [5, 5.41) is 10.0. The Morgan fingerprint density at radius 1 is 0.443 bits per heavy atom. The Hall–Kier alpha value is -7.17. The molecule has 0 aliphatic carbocycles. The number of nitrogens with zero attached hydrogens (tertiary/aromatic N) is 2. The van der Waals surface area contributed by atoms with Crippen molar-refractivity contribution < 1.29 is 9.90 Å². The minimum atomic E-state index is -0.0503. The molecule has 6 aromatic carbocycles. The first-order valence-corrected chi connectivity index (χ1v) is 20.9. The van der Waals surface area contributed by atoms with Crippen molar-refractivity contribution in [1.29, 1.82) is 0 Å². The molecule has 0 atom stereocenters. The molecule has 0 spiro atoms. The molecule has 0 amide bonds. The molecule has 0 fully saturated rings. The van der Waals surface area contributed by atoms with Crippen molar-refractivity contribution in [3.8, 4) is 78.1 Å². The summed E-state index contributed by atoms with van der Waals surface area (Å²) in [5.41, 5.74) is 21.5. The summed E-state index contributed by atoms with van der Waals surface area (Å²) in [6.07, 6.45) is 4.75. The number of benzene rings is 6. The van der Waals surface area contributed by atoms with Crippen LogP contribution < -0.4 is 0 Å². The molecular weight excluding hydrogens is 745 g/mol. The first-order chi connectivity index (χ1) is 29.5. The molecule has 0 aliphatic heterocycles. The summed E-state index contributed by atoms with van der Waals surface area (Å²) >= 11 is 0. The third-order valence-electron chi connectivity index (χ3n) is 12.0. The summed E-state index contributed by atoms with van der Waals surface area (Å²) in [6, 6.07) is 54.2. The number of aromatic nitrogens is 2. The van der Waals surface area contributed by atoms with Gasteiger partial charge in [-0.3, -0.25) is 14.8 Å². The average molecular weight is 795 g/mol. The van der Waals surface area contributed by atoms with E-state index >= 15 is 0 Å². The van der Waals surface area contributed by atoms with Crippen LogP contribution in [0.1, 0.15) is 48.1 Å². The quantitative estimate of drug-likeness (QED) is 0.105. The summed E-state index contributed by atoms with van der Waals surface area (Å²) in [7, 11) is 0. The van der Waals surface area contributed by atoms with Gasteiger partial charge in [-0.2, -0.15) is 0 Å². The topological polar surface area (TPSA) is 63.1 Å². The van der Waals surface area contributed by atoms with E-state index < -0.39 is 0 Å². The van der Waals surface area contributed by atoms with Crippen molar-refractivity contribution in [3.63, 3.8) is 0 Å². The Morgan fingerprint density at radius 2 is 0.803 bits per heavy atom. The second kappa shape index (κ2) is 17.6. The van der Waals surface area contributed by atoms with Crippen LogP contribution in [0.5, 0.6) is 0 Å². The van der Waals surface area contributed by atoms with E-state index in [1.165, 1.54) is 22.3 Å². The first-order valence-electron chi connectivity index (χ1n) is 20.9. The number of carbonyl (C=O) groups excluding carboxylic acids is 1. The highest BCUT2D eigenvalue weighted by atomic mass is 16.3. The molecule has 1 N–H and O–H groups in total. The van der Waals surface area contributed by atoms with Gasteiger partial charge in [-0.05, 0) is 162 Å². The molecule has 300 valence electrons. The van der Waals surface area contributed by atoms with Crippen LogP contribution in [0.4, 0.5) is 0 Å². The van der Waals surface area contributed by atoms with Gasteiger partial charge in [0.15, 0.2) is 5.78 Å². The zero-order chi connectivity index (χ0) is 42.6. The van der Waals surface area contributed by atoms with E-state index in [2.05, 4.69) is 173 Å². The summed E-state index contributed by atoms with van der Waals surface area (Å²) in [5.74, 6) is 0.0202. The van der Waals surface area contributed by atoms with E-state index in [4.69, 9.17) is 9.97 Å². The molecule has 0 bridgehead atoms. The smallest absolute Gasteiger partial charge is 0.162 e. The number of aliphatic hydroxyl groups excluding tert-OH is 1. The fraction of sp³-hybridized carbons (Fsp3) is 0.140. The van der Waals surface area contributed by atoms with Crippen LogP contribution in [-0.2, 0) is 11.2 Å². The van der Waals surface area contributed by atoms with E-state index in [9.17, 15) is 9.90 Å². The fourth-order valence-corrected chi connectivity index (χ4v) is 7.93. The van der Waals surface area contributed by atoms with Crippen molar-refractivity contribution >= 4 is 5.78 Å². The van der Waals surface area contributed by atoms with Crippen LogP contribution in [-0.4, -0.2) is 20.9 Å². The molecule has 4 nitrogen and oxygen atoms in total. The predicted octanol–water partition coefficient (Wildman–Crippen LogP) is 14.7. The molecule has 0 unspecified atom stereocenters. The minimum Gasteiger partial charge on any atom is -0.512 e. The molecule has 0 saturated heterocycles. The molecule has 2 heterocycles. The van der Waals surface area contributed by atoms with Crippen LogP contribution in [0.2, 0.25) is 0 Å². The monoisotopic (exact) mass is 794 g/mol. The standard InChI is InChI=1S/C57H50N2O2/c1-36-29-55(58-34-38(36)3)45-23-19-43(20-24-45)51-15-9-11-17-53(51)48-31-47(50-14-8-7-13-42(50)27-28-57(61)40(5)41(6)60)32-49(33-48)54-18-12-10-16-52(54)44-21-25-46(26-22-44)56-30-37(2)39(4)35-59-56/h7-26,29-35,60H,27-28H2,1-6H3/b41-40-. The van der Waals surface area contributed by atoms with Gasteiger partial charge < -0.3 is 5.11 Å². The van der Waals surface area contributed by atoms with E-state index in [1.807, 2.05) is 18.5 Å². The van der Waals surface area contributed by atoms with Gasteiger partial charge in [-0.15, -0.1) is 0 Å². The zero-order valence-electron chi connectivity index (χ0n) is 35.8. The highest BCUT2D eigenvalue weighted by Crippen LogP contribution is 2.41. The summed E-state index contributed by atoms with van der Waals surface area (Å²) in [4.78, 5) is 22.5. The number of rotatable bonds is 11. The Labute approximate surface area is 360 Å². The number of pyridine rings is 2. The second-order valence-electron chi connectivity index (χ2n) is 16.1. The lowest BCUT2D eigenvalue weighted by Crippen LogP contribution is -2.04. The van der Waals surface area contributed by atoms with Gasteiger partial charge in [0.05, 0.1) is 17.1 Å². The minimum absolute atomic E-state index is 0.0503. The van der Waals surface area contributed by atoms with Crippen molar-refractivity contribution in [2.75, 3.05) is 0 Å². The number of ketones is 1. The lowest BCUT2D eigenvalue weighted by molar-refractivity contribution is -0.115. The third kappa shape index (κ3) is 8.76. The molecular formula is C57H50N2O2. The predicted molar refractivity (Wildman–Crippen MR) is 253 cm³/mol. The maximum atomic E-state index is 13.1. The van der Waals surface area contributed by atoms with Gasteiger partial charge in [0.25, 0.3) is 0 Å². The molecule has 8 rings (SSSR count). The molecule has 4 heteroatoms. The maximum Gasteiger partial charge on any atom is 0.162 e. The molecule has 2 aromatic heterocycles. The van der Waals surface area contributed by atoms with Crippen molar-refractivity contribution in [2.24, 2.45) is 0 Å². The van der Waals surface area contributed by atoms with E-state index in [0.29, 0.717) is 18.4 Å².